The van der Waals surface area contributed by atoms with Crippen LogP contribution in [-0.4, -0.2) is 19.2 Å². The monoisotopic (exact) mass is 231 g/mol. The highest BCUT2D eigenvalue weighted by atomic mass is 35.5. The lowest BCUT2D eigenvalue weighted by Gasteiger charge is -2.14. The molecule has 4 heteroatoms. The fraction of sp³-hybridized carbons (Fsp3) is 0.400. The third kappa shape index (κ3) is 2.14. The highest BCUT2D eigenvalue weighted by Gasteiger charge is 2.18. The van der Waals surface area contributed by atoms with Crippen LogP contribution in [0.2, 0.25) is 10.0 Å². The fourth-order valence-corrected chi connectivity index (χ4v) is 1.98. The number of halogens is 2. The molecule has 2 rings (SSSR count). The molecule has 0 amide bonds. The minimum Gasteiger partial charge on any atom is -0.486 e. The normalized spacial score (nSPS) is 21.1. The van der Waals surface area contributed by atoms with E-state index in [1.807, 2.05) is 6.07 Å². The summed E-state index contributed by atoms with van der Waals surface area (Å²) in [5, 5.41) is 4.37. The molecule has 1 aliphatic rings. The van der Waals surface area contributed by atoms with Crippen LogP contribution in [0.25, 0.3) is 0 Å². The second-order valence-electron chi connectivity index (χ2n) is 3.28. The molecule has 14 heavy (non-hydrogen) atoms. The minimum absolute atomic E-state index is 0.187. The number of hydrogen-bond donors (Lipinski definition) is 1. The molecule has 2 nitrogen and oxygen atoms in total. The Morgan fingerprint density at radius 2 is 2.00 bits per heavy atom. The highest BCUT2D eigenvalue weighted by Crippen LogP contribution is 2.33. The van der Waals surface area contributed by atoms with E-state index in [2.05, 4.69) is 5.32 Å². The molecule has 1 heterocycles. The number of ether oxygens (including phenoxy) is 1. The molecule has 0 unspecified atom stereocenters. The average molecular weight is 232 g/mol. The van der Waals surface area contributed by atoms with E-state index in [0.29, 0.717) is 15.8 Å². The Bertz CT molecular complexity index is 304. The minimum atomic E-state index is 0.187. The van der Waals surface area contributed by atoms with Crippen LogP contribution >= 0.6 is 23.2 Å². The standard InChI is InChI=1S/C10H11Cl2NO/c11-8-2-1-3-9(12)10(8)14-7-4-5-13-6-7/h1-3,7,13H,4-6H2/t7-/m1/s1. The maximum Gasteiger partial charge on any atom is 0.156 e. The van der Waals surface area contributed by atoms with Crippen molar-refractivity contribution in [3.8, 4) is 5.75 Å². The third-order valence-corrected chi connectivity index (χ3v) is 2.81. The van der Waals surface area contributed by atoms with Gasteiger partial charge < -0.3 is 10.1 Å². The quantitative estimate of drug-likeness (QED) is 0.846. The van der Waals surface area contributed by atoms with Gasteiger partial charge in [-0.3, -0.25) is 0 Å². The largest absolute Gasteiger partial charge is 0.486 e. The van der Waals surface area contributed by atoms with Gasteiger partial charge in [-0.25, -0.2) is 0 Å². The molecule has 76 valence electrons. The van der Waals surface area contributed by atoms with E-state index in [0.717, 1.165) is 19.5 Å². The van der Waals surface area contributed by atoms with Crippen molar-refractivity contribution in [2.24, 2.45) is 0 Å². The Morgan fingerprint density at radius 1 is 1.29 bits per heavy atom. The molecule has 1 aromatic carbocycles. The van der Waals surface area contributed by atoms with Crippen LogP contribution in [0.3, 0.4) is 0 Å². The van der Waals surface area contributed by atoms with Crippen LogP contribution < -0.4 is 10.1 Å². The first-order chi connectivity index (χ1) is 6.77. The Kier molecular flexibility index (Phi) is 3.16. The average Bonchev–Trinajstić information content (AvgIpc) is 2.64. The van der Waals surface area contributed by atoms with Crippen molar-refractivity contribution in [1.82, 2.24) is 5.32 Å². The van der Waals surface area contributed by atoms with Crippen LogP contribution in [0, 0.1) is 0 Å². The first-order valence-corrected chi connectivity index (χ1v) is 5.34. The number of nitrogens with one attached hydrogen (secondary N) is 1. The summed E-state index contributed by atoms with van der Waals surface area (Å²) in [7, 11) is 0. The summed E-state index contributed by atoms with van der Waals surface area (Å²) >= 11 is 12.0. The topological polar surface area (TPSA) is 21.3 Å². The van der Waals surface area contributed by atoms with Gasteiger partial charge in [0, 0.05) is 6.54 Å². The van der Waals surface area contributed by atoms with Crippen molar-refractivity contribution < 1.29 is 4.74 Å². The zero-order valence-electron chi connectivity index (χ0n) is 7.59. The lowest BCUT2D eigenvalue weighted by atomic mass is 10.3. The van der Waals surface area contributed by atoms with Gasteiger partial charge in [-0.15, -0.1) is 0 Å². The van der Waals surface area contributed by atoms with E-state index in [-0.39, 0.29) is 6.10 Å². The molecule has 1 fully saturated rings. The van der Waals surface area contributed by atoms with Gasteiger partial charge in [0.25, 0.3) is 0 Å². The maximum absolute atomic E-state index is 5.98. The van der Waals surface area contributed by atoms with E-state index in [1.54, 1.807) is 12.1 Å². The molecule has 1 aliphatic heterocycles. The first kappa shape index (κ1) is 10.1. The molecule has 0 bridgehead atoms. The first-order valence-electron chi connectivity index (χ1n) is 4.59. The summed E-state index contributed by atoms with van der Waals surface area (Å²) in [6, 6.07) is 5.38. The molecule has 1 saturated heterocycles. The molecule has 0 aromatic heterocycles. The Hall–Kier alpha value is -0.440. The highest BCUT2D eigenvalue weighted by molar-refractivity contribution is 6.37. The number of rotatable bonds is 2. The van der Waals surface area contributed by atoms with E-state index in [4.69, 9.17) is 27.9 Å². The lowest BCUT2D eigenvalue weighted by Crippen LogP contribution is -2.19. The molecule has 1 aromatic rings. The zero-order chi connectivity index (χ0) is 9.97. The predicted octanol–water partition coefficient (Wildman–Crippen LogP) is 2.73. The van der Waals surface area contributed by atoms with Crippen molar-refractivity contribution in [2.75, 3.05) is 13.1 Å². The van der Waals surface area contributed by atoms with Crippen molar-refractivity contribution in [3.63, 3.8) is 0 Å². The lowest BCUT2D eigenvalue weighted by molar-refractivity contribution is 0.223. The molecule has 0 aliphatic carbocycles. The number of para-hydroxylation sites is 1. The van der Waals surface area contributed by atoms with E-state index >= 15 is 0 Å². The van der Waals surface area contributed by atoms with Gasteiger partial charge in [-0.1, -0.05) is 29.3 Å². The zero-order valence-corrected chi connectivity index (χ0v) is 9.11. The summed E-state index contributed by atoms with van der Waals surface area (Å²) in [6.07, 6.45) is 1.19. The Labute approximate surface area is 93.2 Å². The summed E-state index contributed by atoms with van der Waals surface area (Å²) in [5.41, 5.74) is 0. The van der Waals surface area contributed by atoms with Crippen molar-refractivity contribution in [3.05, 3.63) is 28.2 Å². The van der Waals surface area contributed by atoms with Crippen molar-refractivity contribution >= 4 is 23.2 Å². The van der Waals surface area contributed by atoms with Crippen LogP contribution in [0.1, 0.15) is 6.42 Å². The fourth-order valence-electron chi connectivity index (χ4n) is 1.49. The second-order valence-corrected chi connectivity index (χ2v) is 4.10. The predicted molar refractivity (Wildman–Crippen MR) is 58.4 cm³/mol. The van der Waals surface area contributed by atoms with Crippen LogP contribution in [0.4, 0.5) is 0 Å². The van der Waals surface area contributed by atoms with E-state index < -0.39 is 0 Å². The van der Waals surface area contributed by atoms with E-state index in [1.165, 1.54) is 0 Å². The SMILES string of the molecule is Clc1cccc(Cl)c1O[C@@H]1CCNC1. The maximum atomic E-state index is 5.98. The molecular weight excluding hydrogens is 221 g/mol. The second kappa shape index (κ2) is 4.39. The summed E-state index contributed by atoms with van der Waals surface area (Å²) in [5.74, 6) is 0.601. The molecular formula is C10H11Cl2NO. The smallest absolute Gasteiger partial charge is 0.156 e. The van der Waals surface area contributed by atoms with Gasteiger partial charge in [0.05, 0.1) is 10.0 Å². The van der Waals surface area contributed by atoms with Crippen LogP contribution in [-0.2, 0) is 0 Å². The molecule has 0 radical (unpaired) electrons. The Balaban J connectivity index is 2.14. The van der Waals surface area contributed by atoms with Gasteiger partial charge in [0.1, 0.15) is 6.10 Å². The third-order valence-electron chi connectivity index (χ3n) is 2.22. The summed E-state index contributed by atoms with van der Waals surface area (Å²) in [6.45, 7) is 1.86. The van der Waals surface area contributed by atoms with Gasteiger partial charge in [0.15, 0.2) is 5.75 Å². The molecule has 1 N–H and O–H groups in total. The van der Waals surface area contributed by atoms with Crippen molar-refractivity contribution in [2.45, 2.75) is 12.5 Å². The van der Waals surface area contributed by atoms with E-state index in [9.17, 15) is 0 Å². The van der Waals surface area contributed by atoms with Gasteiger partial charge in [-0.05, 0) is 25.1 Å². The van der Waals surface area contributed by atoms with Gasteiger partial charge in [-0.2, -0.15) is 0 Å². The number of hydrogen-bond acceptors (Lipinski definition) is 2. The molecule has 1 atom stereocenters. The molecule has 0 saturated carbocycles. The van der Waals surface area contributed by atoms with Gasteiger partial charge in [0.2, 0.25) is 0 Å². The van der Waals surface area contributed by atoms with Crippen LogP contribution in [0.5, 0.6) is 5.75 Å². The number of benzene rings is 1. The van der Waals surface area contributed by atoms with Gasteiger partial charge >= 0.3 is 0 Å². The summed E-state index contributed by atoms with van der Waals surface area (Å²) < 4.78 is 5.71. The van der Waals surface area contributed by atoms with Crippen LogP contribution in [0.15, 0.2) is 18.2 Å². The molecule has 0 spiro atoms. The summed E-state index contributed by atoms with van der Waals surface area (Å²) in [4.78, 5) is 0. The van der Waals surface area contributed by atoms with Crippen molar-refractivity contribution in [1.29, 1.82) is 0 Å². The Morgan fingerprint density at radius 3 is 2.57 bits per heavy atom.